The van der Waals surface area contributed by atoms with Gasteiger partial charge in [-0.25, -0.2) is 0 Å². The Morgan fingerprint density at radius 2 is 1.57 bits per heavy atom. The number of fused-ring (bicyclic) bond motifs is 3. The van der Waals surface area contributed by atoms with E-state index in [0.717, 1.165) is 0 Å². The molecule has 1 nitrogen and oxygen atoms in total. The summed E-state index contributed by atoms with van der Waals surface area (Å²) in [6.45, 7) is 0. The van der Waals surface area contributed by atoms with Crippen molar-refractivity contribution in [3.8, 4) is 11.3 Å². The fraction of sp³-hybridized carbons (Fsp3) is 0.421. The maximum atomic E-state index is 4.74. The summed E-state index contributed by atoms with van der Waals surface area (Å²) in [7, 11) is 0. The largest absolute Gasteiger partial charge is 0.304 e. The quantitative estimate of drug-likeness (QED) is 0.540. The van der Waals surface area contributed by atoms with Crippen LogP contribution in [0.1, 0.15) is 49.7 Å². The molecule has 0 saturated heterocycles. The van der Waals surface area contributed by atoms with Crippen LogP contribution in [0.5, 0.6) is 0 Å². The predicted octanol–water partition coefficient (Wildman–Crippen LogP) is 4.40. The van der Waals surface area contributed by atoms with Crippen LogP contribution in [0.25, 0.3) is 11.3 Å². The molecule has 21 heavy (non-hydrogen) atoms. The summed E-state index contributed by atoms with van der Waals surface area (Å²) in [4.78, 5) is 4.74. The van der Waals surface area contributed by atoms with E-state index in [1.54, 1.807) is 5.56 Å². The van der Waals surface area contributed by atoms with Gasteiger partial charge in [0.25, 0.3) is 0 Å². The molecule has 0 spiro atoms. The van der Waals surface area contributed by atoms with E-state index in [4.69, 9.17) is 4.98 Å². The Kier molecular flexibility index (Phi) is 2.93. The van der Waals surface area contributed by atoms with Crippen LogP contribution in [0.3, 0.4) is 0 Å². The first-order valence-electron chi connectivity index (χ1n) is 7.85. The average molecular weight is 453 g/mol. The van der Waals surface area contributed by atoms with Crippen LogP contribution in [0.2, 0.25) is 0 Å². The molecule has 2 heteroatoms. The predicted molar refractivity (Wildman–Crippen MR) is 79.6 cm³/mol. The van der Waals surface area contributed by atoms with E-state index < -0.39 is 0 Å². The van der Waals surface area contributed by atoms with Gasteiger partial charge in [-0.3, -0.25) is 0 Å². The van der Waals surface area contributed by atoms with Crippen molar-refractivity contribution in [3.05, 3.63) is 53.7 Å². The Morgan fingerprint density at radius 1 is 0.905 bits per heavy atom. The third kappa shape index (κ3) is 1.43. The molecule has 3 aliphatic rings. The van der Waals surface area contributed by atoms with E-state index >= 15 is 0 Å². The van der Waals surface area contributed by atoms with Gasteiger partial charge >= 0.3 is 0 Å². The smallest absolute Gasteiger partial charge is 0.0161 e. The average Bonchev–Trinajstić information content (AvgIpc) is 3.05. The van der Waals surface area contributed by atoms with Gasteiger partial charge in [0.1, 0.15) is 0 Å². The van der Waals surface area contributed by atoms with Gasteiger partial charge in [-0.05, 0) is 35.4 Å². The number of benzene rings is 1. The zero-order chi connectivity index (χ0) is 13.2. The van der Waals surface area contributed by atoms with Gasteiger partial charge in [0.15, 0.2) is 0 Å². The van der Waals surface area contributed by atoms with Crippen LogP contribution in [-0.4, -0.2) is 4.98 Å². The van der Waals surface area contributed by atoms with Crippen LogP contribution in [0.15, 0.2) is 36.5 Å². The van der Waals surface area contributed by atoms with Crippen molar-refractivity contribution in [1.29, 1.82) is 0 Å². The van der Waals surface area contributed by atoms with E-state index in [0.29, 0.717) is 10.8 Å². The van der Waals surface area contributed by atoms with Gasteiger partial charge in [-0.15, -0.1) is 35.4 Å². The van der Waals surface area contributed by atoms with Crippen molar-refractivity contribution in [2.45, 2.75) is 49.4 Å². The molecule has 2 fully saturated rings. The molecule has 2 saturated carbocycles. The zero-order valence-corrected chi connectivity index (χ0v) is 14.4. The molecular weight excluding hydrogens is 434 g/mol. The molecule has 0 aliphatic heterocycles. The summed E-state index contributed by atoms with van der Waals surface area (Å²) in [5.74, 6) is 0. The molecule has 3 aliphatic carbocycles. The number of rotatable bonds is 0. The summed E-state index contributed by atoms with van der Waals surface area (Å²) in [6.07, 6.45) is 10.1. The number of hydrogen-bond acceptors (Lipinski definition) is 1. The Balaban J connectivity index is 0.00000115. The molecule has 0 bridgehead atoms. The molecule has 1 heterocycles. The van der Waals surface area contributed by atoms with Crippen molar-refractivity contribution >= 4 is 0 Å². The second kappa shape index (κ2) is 4.51. The summed E-state index contributed by atoms with van der Waals surface area (Å²) < 4.78 is 0. The molecule has 1 aromatic heterocycles. The first kappa shape index (κ1) is 13.7. The molecule has 5 rings (SSSR count). The Morgan fingerprint density at radius 3 is 2.33 bits per heavy atom. The van der Waals surface area contributed by atoms with Crippen molar-refractivity contribution in [1.82, 2.24) is 4.98 Å². The van der Waals surface area contributed by atoms with Crippen LogP contribution >= 0.6 is 0 Å². The molecule has 0 unspecified atom stereocenters. The maximum Gasteiger partial charge on any atom is 0.0161 e. The van der Waals surface area contributed by atoms with Crippen molar-refractivity contribution in [3.63, 3.8) is 0 Å². The number of nitrogens with zero attached hydrogens (tertiary/aromatic N) is 1. The standard InChI is InChI=1S/C19H18N.Ir/c1-2-7-15-14(6-1)17-16(8-3-13-20-17)19-11-4-9-18(15,19)10-5-12-19;/h1-3,7-8,13H,4-5,9-12H2;/q-1;. The minimum atomic E-state index is 0. The SMILES string of the molecule is [Ir].[c-]1cccc2c1-c1ncccc1C13CCCC21CCC3. The third-order valence-electron chi connectivity index (χ3n) is 6.26. The van der Waals surface area contributed by atoms with Gasteiger partial charge in [0, 0.05) is 26.3 Å². The monoisotopic (exact) mass is 453 g/mol. The minimum absolute atomic E-state index is 0. The normalized spacial score (nSPS) is 31.6. The molecular formula is C19H18IrN-. The molecule has 0 N–H and O–H groups in total. The Bertz CT molecular complexity index is 637. The second-order valence-corrected chi connectivity index (χ2v) is 6.73. The van der Waals surface area contributed by atoms with E-state index in [9.17, 15) is 0 Å². The molecule has 2 aromatic rings. The fourth-order valence-electron chi connectivity index (χ4n) is 5.67. The summed E-state index contributed by atoms with van der Waals surface area (Å²) in [6, 6.07) is 14.5. The van der Waals surface area contributed by atoms with Crippen LogP contribution in [0, 0.1) is 6.07 Å². The van der Waals surface area contributed by atoms with Gasteiger partial charge in [-0.2, -0.15) is 0 Å². The van der Waals surface area contributed by atoms with Crippen LogP contribution in [-0.2, 0) is 30.9 Å². The number of hydrogen-bond donors (Lipinski definition) is 0. The third-order valence-corrected chi connectivity index (χ3v) is 6.26. The number of aromatic nitrogens is 1. The van der Waals surface area contributed by atoms with Gasteiger partial charge < -0.3 is 4.98 Å². The van der Waals surface area contributed by atoms with E-state index in [1.165, 1.54) is 55.3 Å². The van der Waals surface area contributed by atoms with Crippen LogP contribution < -0.4 is 0 Å². The summed E-state index contributed by atoms with van der Waals surface area (Å²) in [5.41, 5.74) is 6.31. The van der Waals surface area contributed by atoms with E-state index in [1.807, 2.05) is 12.3 Å². The van der Waals surface area contributed by atoms with Gasteiger partial charge in [0.2, 0.25) is 0 Å². The topological polar surface area (TPSA) is 12.9 Å². The summed E-state index contributed by atoms with van der Waals surface area (Å²) in [5, 5.41) is 0. The maximum absolute atomic E-state index is 4.74. The first-order valence-corrected chi connectivity index (χ1v) is 7.85. The number of pyridine rings is 1. The second-order valence-electron chi connectivity index (χ2n) is 6.73. The molecule has 0 amide bonds. The van der Waals surface area contributed by atoms with Crippen molar-refractivity contribution in [2.24, 2.45) is 0 Å². The van der Waals surface area contributed by atoms with E-state index in [2.05, 4.69) is 30.3 Å². The van der Waals surface area contributed by atoms with Gasteiger partial charge in [-0.1, -0.05) is 37.3 Å². The minimum Gasteiger partial charge on any atom is -0.304 e. The Hall–Kier alpha value is -0.981. The van der Waals surface area contributed by atoms with Crippen molar-refractivity contribution in [2.75, 3.05) is 0 Å². The van der Waals surface area contributed by atoms with E-state index in [-0.39, 0.29) is 20.1 Å². The van der Waals surface area contributed by atoms with Crippen molar-refractivity contribution < 1.29 is 20.1 Å². The Labute approximate surface area is 139 Å². The van der Waals surface area contributed by atoms with Gasteiger partial charge in [0.05, 0.1) is 0 Å². The zero-order valence-electron chi connectivity index (χ0n) is 12.0. The molecule has 1 radical (unpaired) electrons. The van der Waals surface area contributed by atoms with Crippen LogP contribution in [0.4, 0.5) is 0 Å². The summed E-state index contributed by atoms with van der Waals surface area (Å²) >= 11 is 0. The molecule has 109 valence electrons. The first-order chi connectivity index (χ1) is 9.87. The molecule has 0 atom stereocenters. The molecule has 1 aromatic carbocycles. The fourth-order valence-corrected chi connectivity index (χ4v) is 5.67.